The average Bonchev–Trinajstić information content (AvgIpc) is 3.10. The molecule has 2 aromatic carbocycles. The molecule has 140 valence electrons. The largest absolute Gasteiger partial charge is 0.326 e. The summed E-state index contributed by atoms with van der Waals surface area (Å²) in [5.74, 6) is -0.145. The number of hydrogen-bond donors (Lipinski definition) is 1. The Labute approximate surface area is 163 Å². The summed E-state index contributed by atoms with van der Waals surface area (Å²) in [5, 5.41) is 5.54. The molecule has 0 aliphatic rings. The van der Waals surface area contributed by atoms with Crippen molar-refractivity contribution in [3.05, 3.63) is 65.2 Å². The van der Waals surface area contributed by atoms with Crippen molar-refractivity contribution in [2.24, 2.45) is 0 Å². The fraction of sp³-hybridized carbons (Fsp3) is 0.200. The number of nitrogens with one attached hydrogen (secondary N) is 1. The molecule has 0 saturated heterocycles. The summed E-state index contributed by atoms with van der Waals surface area (Å²) in [6.07, 6.45) is 0.164. The molecule has 3 rings (SSSR count). The van der Waals surface area contributed by atoms with Crippen LogP contribution in [0.5, 0.6) is 0 Å². The van der Waals surface area contributed by atoms with Crippen LogP contribution in [0.3, 0.4) is 0 Å². The van der Waals surface area contributed by atoms with Gasteiger partial charge in [-0.3, -0.25) is 4.79 Å². The molecule has 0 fully saturated rings. The molecule has 0 bridgehead atoms. The summed E-state index contributed by atoms with van der Waals surface area (Å²) in [4.78, 5) is 17.0. The van der Waals surface area contributed by atoms with E-state index in [1.165, 1.54) is 23.5 Å². The van der Waals surface area contributed by atoms with Gasteiger partial charge in [-0.15, -0.1) is 11.3 Å². The van der Waals surface area contributed by atoms with E-state index >= 15 is 0 Å². The fourth-order valence-corrected chi connectivity index (χ4v) is 4.28. The van der Waals surface area contributed by atoms with Crippen molar-refractivity contribution in [3.63, 3.8) is 0 Å². The Bertz CT molecular complexity index is 1050. The minimum absolute atomic E-state index is 0.0474. The zero-order valence-corrected chi connectivity index (χ0v) is 16.7. The number of sulfone groups is 1. The number of thiazole rings is 1. The Hall–Kier alpha value is -2.51. The Morgan fingerprint density at radius 2 is 1.89 bits per heavy atom. The van der Waals surface area contributed by atoms with Gasteiger partial charge in [0.25, 0.3) is 0 Å². The predicted octanol–water partition coefficient (Wildman–Crippen LogP) is 4.09. The number of aryl methyl sites for hydroxylation is 1. The first-order valence-electron chi connectivity index (χ1n) is 8.51. The monoisotopic (exact) mass is 400 g/mol. The smallest absolute Gasteiger partial charge is 0.230 e. The van der Waals surface area contributed by atoms with Crippen molar-refractivity contribution >= 4 is 32.8 Å². The number of hydrogen-bond acceptors (Lipinski definition) is 5. The summed E-state index contributed by atoms with van der Waals surface area (Å²) >= 11 is 1.51. The van der Waals surface area contributed by atoms with Crippen LogP contribution in [0.4, 0.5) is 5.69 Å². The highest BCUT2D eigenvalue weighted by Crippen LogP contribution is 2.25. The molecule has 1 aromatic heterocycles. The lowest BCUT2D eigenvalue weighted by Crippen LogP contribution is -2.14. The molecule has 0 aliphatic carbocycles. The van der Waals surface area contributed by atoms with Crippen LogP contribution in [0.15, 0.2) is 58.8 Å². The van der Waals surface area contributed by atoms with Gasteiger partial charge in [0.1, 0.15) is 5.01 Å². The van der Waals surface area contributed by atoms with E-state index in [-0.39, 0.29) is 23.0 Å². The van der Waals surface area contributed by atoms with Crippen LogP contribution in [0.1, 0.15) is 18.2 Å². The van der Waals surface area contributed by atoms with Crippen LogP contribution in [0, 0.1) is 6.92 Å². The third kappa shape index (κ3) is 4.81. The molecule has 7 heteroatoms. The molecule has 1 heterocycles. The van der Waals surface area contributed by atoms with Crippen LogP contribution < -0.4 is 5.32 Å². The van der Waals surface area contributed by atoms with E-state index in [1.807, 2.05) is 30.5 Å². The molecule has 0 saturated carbocycles. The van der Waals surface area contributed by atoms with Gasteiger partial charge < -0.3 is 5.32 Å². The lowest BCUT2D eigenvalue weighted by Gasteiger charge is -2.06. The van der Waals surface area contributed by atoms with Crippen molar-refractivity contribution < 1.29 is 13.2 Å². The van der Waals surface area contributed by atoms with E-state index in [9.17, 15) is 13.2 Å². The molecule has 0 atom stereocenters. The van der Waals surface area contributed by atoms with Gasteiger partial charge in [0.2, 0.25) is 5.91 Å². The number of carbonyl (C=O) groups is 1. The van der Waals surface area contributed by atoms with E-state index < -0.39 is 9.84 Å². The first kappa shape index (κ1) is 19.3. The number of benzene rings is 2. The summed E-state index contributed by atoms with van der Waals surface area (Å²) in [5.41, 5.74) is 3.47. The van der Waals surface area contributed by atoms with E-state index in [2.05, 4.69) is 16.4 Å². The first-order valence-corrected chi connectivity index (χ1v) is 11.0. The molecular weight excluding hydrogens is 380 g/mol. The highest BCUT2D eigenvalue weighted by atomic mass is 32.2. The van der Waals surface area contributed by atoms with Crippen LogP contribution in [-0.4, -0.2) is 25.1 Å². The number of aromatic nitrogens is 1. The van der Waals surface area contributed by atoms with Gasteiger partial charge in [-0.25, -0.2) is 13.4 Å². The molecule has 27 heavy (non-hydrogen) atoms. The zero-order chi connectivity index (χ0) is 19.4. The normalized spacial score (nSPS) is 11.3. The van der Waals surface area contributed by atoms with Crippen LogP contribution in [0.25, 0.3) is 10.6 Å². The maximum absolute atomic E-state index is 12.3. The molecule has 0 unspecified atom stereocenters. The average molecular weight is 401 g/mol. The van der Waals surface area contributed by atoms with E-state index in [1.54, 1.807) is 19.1 Å². The van der Waals surface area contributed by atoms with Gasteiger partial charge in [-0.05, 0) is 37.3 Å². The van der Waals surface area contributed by atoms with E-state index in [0.717, 1.165) is 16.1 Å². The minimum Gasteiger partial charge on any atom is -0.326 e. The van der Waals surface area contributed by atoms with Gasteiger partial charge in [0.15, 0.2) is 9.84 Å². The SMILES string of the molecule is CCS(=O)(=O)c1ccc(NC(=O)Cc2csc(-c3cccc(C)c3)n2)cc1. The second kappa shape index (κ2) is 8.02. The van der Waals surface area contributed by atoms with Crippen LogP contribution in [-0.2, 0) is 21.1 Å². The third-order valence-corrected chi connectivity index (χ3v) is 6.73. The number of amides is 1. The molecule has 5 nitrogen and oxygen atoms in total. The van der Waals surface area contributed by atoms with Gasteiger partial charge in [0.05, 0.1) is 22.8 Å². The Balaban J connectivity index is 1.65. The lowest BCUT2D eigenvalue weighted by atomic mass is 10.1. The van der Waals surface area contributed by atoms with E-state index in [0.29, 0.717) is 11.4 Å². The Morgan fingerprint density at radius 1 is 1.15 bits per heavy atom. The number of carbonyl (C=O) groups excluding carboxylic acids is 1. The highest BCUT2D eigenvalue weighted by molar-refractivity contribution is 7.91. The van der Waals surface area contributed by atoms with Gasteiger partial charge in [-0.1, -0.05) is 30.7 Å². The summed E-state index contributed by atoms with van der Waals surface area (Å²) < 4.78 is 23.6. The predicted molar refractivity (Wildman–Crippen MR) is 109 cm³/mol. The lowest BCUT2D eigenvalue weighted by molar-refractivity contribution is -0.115. The third-order valence-electron chi connectivity index (χ3n) is 4.04. The fourth-order valence-electron chi connectivity index (χ4n) is 2.58. The molecule has 0 spiro atoms. The molecule has 3 aromatic rings. The quantitative estimate of drug-likeness (QED) is 0.676. The second-order valence-electron chi connectivity index (χ2n) is 6.17. The van der Waals surface area contributed by atoms with Crippen LogP contribution >= 0.6 is 11.3 Å². The molecule has 1 amide bonds. The molecule has 0 radical (unpaired) electrons. The van der Waals surface area contributed by atoms with Crippen molar-refractivity contribution in [2.75, 3.05) is 11.1 Å². The Morgan fingerprint density at radius 3 is 2.56 bits per heavy atom. The van der Waals surface area contributed by atoms with Crippen molar-refractivity contribution in [3.8, 4) is 10.6 Å². The summed E-state index contributed by atoms with van der Waals surface area (Å²) in [6, 6.07) is 14.3. The maximum atomic E-state index is 12.3. The standard InChI is InChI=1S/C20H20N2O3S2/c1-3-27(24,25)18-9-7-16(8-10-18)21-19(23)12-17-13-26-20(22-17)15-6-4-5-14(2)11-15/h4-11,13H,3,12H2,1-2H3,(H,21,23). The molecular formula is C20H20N2O3S2. The number of rotatable bonds is 6. The van der Waals surface area contributed by atoms with Crippen molar-refractivity contribution in [1.29, 1.82) is 0 Å². The second-order valence-corrected chi connectivity index (χ2v) is 9.30. The van der Waals surface area contributed by atoms with Crippen molar-refractivity contribution in [2.45, 2.75) is 25.2 Å². The van der Waals surface area contributed by atoms with Crippen molar-refractivity contribution in [1.82, 2.24) is 4.98 Å². The van der Waals surface area contributed by atoms with Crippen LogP contribution in [0.2, 0.25) is 0 Å². The molecule has 0 aliphatic heterocycles. The zero-order valence-electron chi connectivity index (χ0n) is 15.1. The molecule has 1 N–H and O–H groups in total. The Kier molecular flexibility index (Phi) is 5.72. The van der Waals surface area contributed by atoms with E-state index in [4.69, 9.17) is 0 Å². The maximum Gasteiger partial charge on any atom is 0.230 e. The summed E-state index contributed by atoms with van der Waals surface area (Å²) in [6.45, 7) is 3.63. The van der Waals surface area contributed by atoms with Gasteiger partial charge >= 0.3 is 0 Å². The number of nitrogens with zero attached hydrogens (tertiary/aromatic N) is 1. The summed E-state index contributed by atoms with van der Waals surface area (Å²) in [7, 11) is -3.24. The first-order chi connectivity index (χ1) is 12.9. The van der Waals surface area contributed by atoms with Gasteiger partial charge in [-0.2, -0.15) is 0 Å². The number of anilines is 1. The highest BCUT2D eigenvalue weighted by Gasteiger charge is 2.12. The minimum atomic E-state index is -3.24. The topological polar surface area (TPSA) is 76.1 Å². The van der Waals surface area contributed by atoms with Gasteiger partial charge in [0, 0.05) is 16.6 Å².